The van der Waals surface area contributed by atoms with Crippen molar-refractivity contribution in [2.45, 2.75) is 264 Å². The number of ether oxygens (including phenoxy) is 2. The van der Waals surface area contributed by atoms with Crippen molar-refractivity contribution in [3.05, 3.63) is 0 Å². The summed E-state index contributed by atoms with van der Waals surface area (Å²) in [6.45, 7) is 4.39. The highest BCUT2D eigenvalue weighted by Gasteiger charge is 2.26. The van der Waals surface area contributed by atoms with E-state index in [4.69, 9.17) is 18.5 Å². The van der Waals surface area contributed by atoms with Gasteiger partial charge in [-0.25, -0.2) is 4.57 Å². The lowest BCUT2D eigenvalue weighted by atomic mass is 10.0. The Balaban J connectivity index is 4.13. The van der Waals surface area contributed by atoms with Gasteiger partial charge in [-0.15, -0.1) is 0 Å². The maximum absolute atomic E-state index is 12.7. The molecular weight excluding hydrogens is 762 g/mol. The van der Waals surface area contributed by atoms with Crippen molar-refractivity contribution in [2.75, 3.05) is 40.5 Å². The molecule has 0 rings (SSSR count). The summed E-state index contributed by atoms with van der Waals surface area (Å²) in [6.07, 6.45) is 45.8. The number of nitrogens with zero attached hydrogens (tertiary/aromatic N) is 1. The largest absolute Gasteiger partial charge is 0.472 e. The molecule has 2 atom stereocenters. The van der Waals surface area contributed by atoms with Gasteiger partial charge in [0.05, 0.1) is 13.2 Å². The van der Waals surface area contributed by atoms with Crippen LogP contribution in [0.1, 0.15) is 258 Å². The summed E-state index contributed by atoms with van der Waals surface area (Å²) in [5.74, 6) is -0.781. The van der Waals surface area contributed by atoms with Gasteiger partial charge in [-0.1, -0.05) is 232 Å². The molecule has 0 saturated heterocycles. The third-order valence-corrected chi connectivity index (χ3v) is 12.4. The quantitative estimate of drug-likeness (QED) is 0.0363. The lowest BCUT2D eigenvalue weighted by molar-refractivity contribution is -0.161. The van der Waals surface area contributed by atoms with Gasteiger partial charge in [0, 0.05) is 19.4 Å². The van der Waals surface area contributed by atoms with Crippen LogP contribution in [-0.2, 0) is 32.7 Å². The van der Waals surface area contributed by atoms with Crippen LogP contribution in [0.4, 0.5) is 0 Å². The van der Waals surface area contributed by atoms with E-state index < -0.39 is 26.5 Å². The van der Waals surface area contributed by atoms with Crippen molar-refractivity contribution >= 4 is 19.8 Å². The second-order valence-electron chi connectivity index (χ2n) is 17.7. The first-order valence-electron chi connectivity index (χ1n) is 25.3. The highest BCUT2D eigenvalue weighted by Crippen LogP contribution is 2.43. The molecule has 1 N–H and O–H groups in total. The number of unbranched alkanes of at least 4 members (excludes halogenated alkanes) is 34. The molecule has 0 spiro atoms. The van der Waals surface area contributed by atoms with Crippen LogP contribution >= 0.6 is 7.82 Å². The van der Waals surface area contributed by atoms with Crippen molar-refractivity contribution < 1.29 is 37.6 Å². The molecule has 0 aliphatic heterocycles. The first-order valence-corrected chi connectivity index (χ1v) is 26.8. The van der Waals surface area contributed by atoms with Crippen LogP contribution in [0.3, 0.4) is 0 Å². The van der Waals surface area contributed by atoms with Crippen LogP contribution in [0.15, 0.2) is 0 Å². The maximum atomic E-state index is 12.7. The van der Waals surface area contributed by atoms with Crippen LogP contribution in [0, 0.1) is 0 Å². The molecule has 0 aromatic carbocycles. The first-order chi connectivity index (χ1) is 28.7. The van der Waals surface area contributed by atoms with Gasteiger partial charge >= 0.3 is 19.8 Å². The minimum atomic E-state index is -4.36. The van der Waals surface area contributed by atoms with E-state index >= 15 is 0 Å². The molecule has 10 heteroatoms. The maximum Gasteiger partial charge on any atom is 0.472 e. The lowest BCUT2D eigenvalue weighted by Gasteiger charge is -2.20. The van der Waals surface area contributed by atoms with Crippen LogP contribution in [0.5, 0.6) is 0 Å². The zero-order valence-corrected chi connectivity index (χ0v) is 40.4. The molecule has 59 heavy (non-hydrogen) atoms. The van der Waals surface area contributed by atoms with Crippen molar-refractivity contribution in [2.24, 2.45) is 0 Å². The fourth-order valence-electron chi connectivity index (χ4n) is 7.51. The molecule has 2 unspecified atom stereocenters. The average molecular weight is 860 g/mol. The fraction of sp³-hybridized carbons (Fsp3) is 0.959. The van der Waals surface area contributed by atoms with Gasteiger partial charge in [0.1, 0.15) is 6.61 Å². The molecule has 0 radical (unpaired) electrons. The normalized spacial score (nSPS) is 13.2. The van der Waals surface area contributed by atoms with Gasteiger partial charge in [0.15, 0.2) is 6.10 Å². The van der Waals surface area contributed by atoms with Crippen molar-refractivity contribution in [1.82, 2.24) is 4.90 Å². The smallest absolute Gasteiger partial charge is 0.462 e. The molecule has 0 aliphatic rings. The van der Waals surface area contributed by atoms with Crippen LogP contribution in [0.25, 0.3) is 0 Å². The second kappa shape index (κ2) is 45.0. The lowest BCUT2D eigenvalue weighted by Crippen LogP contribution is -2.29. The van der Waals surface area contributed by atoms with Crippen LogP contribution < -0.4 is 0 Å². The number of rotatable bonds is 48. The Morgan fingerprint density at radius 3 is 1.08 bits per heavy atom. The summed E-state index contributed by atoms with van der Waals surface area (Å²) in [6, 6.07) is 0. The Kier molecular flexibility index (Phi) is 44.3. The number of likely N-dealkylation sites (N-methyl/N-ethyl adjacent to an activating group) is 1. The van der Waals surface area contributed by atoms with Crippen molar-refractivity contribution in [3.8, 4) is 0 Å². The van der Waals surface area contributed by atoms with E-state index in [1.807, 2.05) is 19.0 Å². The Labute approximate surface area is 365 Å². The van der Waals surface area contributed by atoms with Gasteiger partial charge in [0.25, 0.3) is 0 Å². The third-order valence-electron chi connectivity index (χ3n) is 11.4. The second-order valence-corrected chi connectivity index (χ2v) is 19.2. The molecule has 0 heterocycles. The topological polar surface area (TPSA) is 112 Å². The molecule has 0 aliphatic carbocycles. The molecule has 0 aromatic rings. The standard InChI is InChI=1S/C49H98NO8P/c1-5-7-9-11-13-15-17-19-21-23-24-26-27-29-31-33-35-37-39-41-48(51)55-45-47(46-57-59(53,54)56-44-43-50(3)4)58-49(52)42-40-38-36-34-32-30-28-25-22-20-18-16-14-12-10-8-6-2/h47H,5-46H2,1-4H3,(H,53,54). The van der Waals surface area contributed by atoms with Gasteiger partial charge in [-0.3, -0.25) is 18.6 Å². The molecule has 9 nitrogen and oxygen atoms in total. The van der Waals surface area contributed by atoms with Crippen LogP contribution in [0.2, 0.25) is 0 Å². The van der Waals surface area contributed by atoms with E-state index in [1.165, 1.54) is 193 Å². The average Bonchev–Trinajstić information content (AvgIpc) is 3.20. The van der Waals surface area contributed by atoms with Crippen LogP contribution in [-0.4, -0.2) is 68.3 Å². The molecule has 0 saturated carbocycles. The number of esters is 2. The molecule has 352 valence electrons. The fourth-order valence-corrected chi connectivity index (χ4v) is 8.26. The number of phosphoric acid groups is 1. The monoisotopic (exact) mass is 860 g/mol. The van der Waals surface area contributed by atoms with E-state index in [2.05, 4.69) is 13.8 Å². The van der Waals surface area contributed by atoms with E-state index in [0.29, 0.717) is 13.0 Å². The number of phosphoric ester groups is 1. The first kappa shape index (κ1) is 58.0. The Bertz CT molecular complexity index is 951. The minimum Gasteiger partial charge on any atom is -0.462 e. The summed E-state index contributed by atoms with van der Waals surface area (Å²) in [5, 5.41) is 0. The summed E-state index contributed by atoms with van der Waals surface area (Å²) in [7, 11) is -0.695. The summed E-state index contributed by atoms with van der Waals surface area (Å²) in [5.41, 5.74) is 0. The highest BCUT2D eigenvalue weighted by atomic mass is 31.2. The zero-order chi connectivity index (χ0) is 43.3. The Hall–Kier alpha value is -0.990. The molecule has 0 aromatic heterocycles. The summed E-state index contributed by atoms with van der Waals surface area (Å²) >= 11 is 0. The van der Waals surface area contributed by atoms with E-state index in [-0.39, 0.29) is 25.6 Å². The number of hydrogen-bond acceptors (Lipinski definition) is 8. The Morgan fingerprint density at radius 2 is 0.763 bits per heavy atom. The van der Waals surface area contributed by atoms with Crippen molar-refractivity contribution in [3.63, 3.8) is 0 Å². The number of carbonyl (C=O) groups is 2. The SMILES string of the molecule is CCCCCCCCCCCCCCCCCCCCCC(=O)OCC(COP(=O)(O)OCCN(C)C)OC(=O)CCCCCCCCCCCCCCCCCCC. The highest BCUT2D eigenvalue weighted by molar-refractivity contribution is 7.47. The summed E-state index contributed by atoms with van der Waals surface area (Å²) in [4.78, 5) is 37.2. The molecular formula is C49H98NO8P. The van der Waals surface area contributed by atoms with E-state index in [0.717, 1.165) is 38.5 Å². The van der Waals surface area contributed by atoms with E-state index in [1.54, 1.807) is 0 Å². The van der Waals surface area contributed by atoms with Gasteiger partial charge < -0.3 is 19.3 Å². The number of hydrogen-bond donors (Lipinski definition) is 1. The predicted molar refractivity (Wildman–Crippen MR) is 248 cm³/mol. The number of carbonyl (C=O) groups excluding carboxylic acids is 2. The van der Waals surface area contributed by atoms with Gasteiger partial charge in [-0.2, -0.15) is 0 Å². The van der Waals surface area contributed by atoms with Gasteiger partial charge in [-0.05, 0) is 26.9 Å². The minimum absolute atomic E-state index is 0.0129. The molecule has 0 fully saturated rings. The zero-order valence-electron chi connectivity index (χ0n) is 39.5. The third kappa shape index (κ3) is 46.3. The molecule has 0 bridgehead atoms. The predicted octanol–water partition coefficient (Wildman–Crippen LogP) is 15.0. The van der Waals surface area contributed by atoms with Gasteiger partial charge in [0.2, 0.25) is 0 Å². The van der Waals surface area contributed by atoms with Crippen molar-refractivity contribution in [1.29, 1.82) is 0 Å². The summed E-state index contributed by atoms with van der Waals surface area (Å²) < 4.78 is 33.6. The Morgan fingerprint density at radius 1 is 0.458 bits per heavy atom. The van der Waals surface area contributed by atoms with E-state index in [9.17, 15) is 19.0 Å². The molecule has 0 amide bonds.